The van der Waals surface area contributed by atoms with Gasteiger partial charge >= 0.3 is 0 Å². The molecule has 0 aliphatic carbocycles. The highest BCUT2D eigenvalue weighted by Crippen LogP contribution is 2.34. The lowest BCUT2D eigenvalue weighted by Gasteiger charge is -2.16. The van der Waals surface area contributed by atoms with Crippen LogP contribution < -0.4 is 11.3 Å². The molecule has 0 spiro atoms. The van der Waals surface area contributed by atoms with Crippen molar-refractivity contribution >= 4 is 38.9 Å². The molecule has 1 unspecified atom stereocenters. The summed E-state index contributed by atoms with van der Waals surface area (Å²) in [5.74, 6) is 5.18. The lowest BCUT2D eigenvalue weighted by atomic mass is 10.1. The van der Waals surface area contributed by atoms with Crippen LogP contribution in [0.2, 0.25) is 5.02 Å². The van der Waals surface area contributed by atoms with E-state index in [0.717, 1.165) is 9.35 Å². The first kappa shape index (κ1) is 13.0. The molecule has 0 aliphatic heterocycles. The Hall–Kier alpha value is -0.460. The molecule has 2 aromatic rings. The van der Waals surface area contributed by atoms with E-state index < -0.39 is 6.04 Å². The van der Waals surface area contributed by atoms with Gasteiger partial charge in [0.2, 0.25) is 0 Å². The Morgan fingerprint density at radius 2 is 2.18 bits per heavy atom. The maximum absolute atomic E-state index is 13.8. The van der Waals surface area contributed by atoms with Gasteiger partial charge in [-0.1, -0.05) is 27.5 Å². The van der Waals surface area contributed by atoms with Crippen molar-refractivity contribution in [2.75, 3.05) is 0 Å². The van der Waals surface area contributed by atoms with Gasteiger partial charge in [0.05, 0.1) is 11.1 Å². The summed E-state index contributed by atoms with van der Waals surface area (Å²) in [6.07, 6.45) is 0. The Labute approximate surface area is 116 Å². The molecule has 0 amide bonds. The first-order valence-corrected chi connectivity index (χ1v) is 6.82. The van der Waals surface area contributed by atoms with Crippen LogP contribution in [0.1, 0.15) is 16.5 Å². The highest BCUT2D eigenvalue weighted by molar-refractivity contribution is 9.10. The van der Waals surface area contributed by atoms with Crippen LogP contribution in [0, 0.1) is 5.82 Å². The monoisotopic (exact) mass is 334 g/mol. The number of benzene rings is 1. The van der Waals surface area contributed by atoms with Crippen molar-refractivity contribution < 1.29 is 4.39 Å². The Balaban J connectivity index is 2.49. The number of hydrogen-bond donors (Lipinski definition) is 2. The molecular formula is C11H9BrClFN2S. The molecule has 0 saturated heterocycles. The van der Waals surface area contributed by atoms with E-state index in [1.54, 1.807) is 18.2 Å². The van der Waals surface area contributed by atoms with Crippen LogP contribution in [0.15, 0.2) is 34.1 Å². The van der Waals surface area contributed by atoms with Gasteiger partial charge < -0.3 is 0 Å². The van der Waals surface area contributed by atoms with Crippen molar-refractivity contribution in [3.05, 3.63) is 55.4 Å². The van der Waals surface area contributed by atoms with Gasteiger partial charge in [-0.3, -0.25) is 5.84 Å². The van der Waals surface area contributed by atoms with E-state index in [2.05, 4.69) is 21.4 Å². The van der Waals surface area contributed by atoms with E-state index in [0.29, 0.717) is 10.6 Å². The summed E-state index contributed by atoms with van der Waals surface area (Å²) in [4.78, 5) is 0.797. The van der Waals surface area contributed by atoms with Crippen LogP contribution in [0.4, 0.5) is 4.39 Å². The van der Waals surface area contributed by atoms with Crippen molar-refractivity contribution in [1.29, 1.82) is 0 Å². The fourth-order valence-electron chi connectivity index (χ4n) is 1.55. The molecule has 0 fully saturated rings. The fraction of sp³-hybridized carbons (Fsp3) is 0.0909. The predicted molar refractivity (Wildman–Crippen MR) is 72.6 cm³/mol. The average Bonchev–Trinajstić information content (AvgIpc) is 2.71. The van der Waals surface area contributed by atoms with Crippen molar-refractivity contribution in [3.8, 4) is 0 Å². The molecule has 0 bridgehead atoms. The second-order valence-corrected chi connectivity index (χ2v) is 5.67. The first-order chi connectivity index (χ1) is 8.13. The zero-order chi connectivity index (χ0) is 12.4. The quantitative estimate of drug-likeness (QED) is 0.660. The summed E-state index contributed by atoms with van der Waals surface area (Å²) in [6.45, 7) is 0. The third kappa shape index (κ3) is 2.69. The van der Waals surface area contributed by atoms with Gasteiger partial charge in [-0.25, -0.2) is 9.82 Å². The molecule has 6 heteroatoms. The molecule has 3 N–H and O–H groups in total. The van der Waals surface area contributed by atoms with Crippen LogP contribution in [0.5, 0.6) is 0 Å². The Bertz CT molecular complexity index is 532. The molecule has 1 aromatic heterocycles. The van der Waals surface area contributed by atoms with Crippen LogP contribution in [-0.2, 0) is 0 Å². The fourth-order valence-corrected chi connectivity index (χ4v) is 3.18. The van der Waals surface area contributed by atoms with Crippen molar-refractivity contribution in [2.45, 2.75) is 6.04 Å². The average molecular weight is 336 g/mol. The number of rotatable bonds is 3. The molecule has 1 atom stereocenters. The summed E-state index contributed by atoms with van der Waals surface area (Å²) in [5, 5.41) is 2.43. The number of nitrogens with one attached hydrogen (secondary N) is 1. The van der Waals surface area contributed by atoms with E-state index >= 15 is 0 Å². The number of nitrogens with two attached hydrogens (primary N) is 1. The summed E-state index contributed by atoms with van der Waals surface area (Å²) >= 11 is 10.8. The van der Waals surface area contributed by atoms with Gasteiger partial charge in [-0.05, 0) is 29.6 Å². The van der Waals surface area contributed by atoms with Crippen LogP contribution >= 0.6 is 38.9 Å². The molecule has 0 aliphatic rings. The summed E-state index contributed by atoms with van der Waals surface area (Å²) < 4.78 is 14.6. The molecule has 1 heterocycles. The van der Waals surface area contributed by atoms with Crippen LogP contribution in [-0.4, -0.2) is 0 Å². The summed E-state index contributed by atoms with van der Waals surface area (Å²) in [6, 6.07) is 6.05. The third-order valence-corrected chi connectivity index (χ3v) is 4.26. The minimum Gasteiger partial charge on any atom is -0.271 e. The second-order valence-electron chi connectivity index (χ2n) is 3.40. The first-order valence-electron chi connectivity index (χ1n) is 4.77. The lowest BCUT2D eigenvalue weighted by molar-refractivity contribution is 0.564. The maximum Gasteiger partial charge on any atom is 0.128 e. The number of thiophene rings is 1. The molecule has 0 saturated carbocycles. The second kappa shape index (κ2) is 5.46. The molecule has 1 aromatic carbocycles. The van der Waals surface area contributed by atoms with Crippen molar-refractivity contribution in [3.63, 3.8) is 0 Å². The number of hydrazine groups is 1. The van der Waals surface area contributed by atoms with E-state index in [9.17, 15) is 4.39 Å². The summed E-state index contributed by atoms with van der Waals surface area (Å²) in [5.41, 5.74) is 3.06. The van der Waals surface area contributed by atoms with Crippen LogP contribution in [0.25, 0.3) is 0 Å². The van der Waals surface area contributed by atoms with Gasteiger partial charge in [-0.15, -0.1) is 11.3 Å². The number of halogens is 3. The normalized spacial score (nSPS) is 12.7. The molecule has 0 radical (unpaired) electrons. The minimum atomic E-state index is -0.444. The Morgan fingerprint density at radius 1 is 1.41 bits per heavy atom. The molecule has 90 valence electrons. The lowest BCUT2D eigenvalue weighted by Crippen LogP contribution is -2.29. The van der Waals surface area contributed by atoms with E-state index in [-0.39, 0.29) is 5.82 Å². The largest absolute Gasteiger partial charge is 0.271 e. The molecule has 2 rings (SSSR count). The smallest absolute Gasteiger partial charge is 0.128 e. The zero-order valence-corrected chi connectivity index (χ0v) is 11.7. The van der Waals surface area contributed by atoms with Gasteiger partial charge in [0.15, 0.2) is 0 Å². The standard InChI is InChI=1S/C11H9BrClFN2S/c12-6-1-2-9(14)7(5-6)10(16-15)11-8(13)3-4-17-11/h1-5,10,16H,15H2. The van der Waals surface area contributed by atoms with Crippen molar-refractivity contribution in [2.24, 2.45) is 5.84 Å². The number of hydrogen-bond acceptors (Lipinski definition) is 3. The summed E-state index contributed by atoms with van der Waals surface area (Å²) in [7, 11) is 0. The topological polar surface area (TPSA) is 38.0 Å². The van der Waals surface area contributed by atoms with E-state index in [1.165, 1.54) is 17.4 Å². The molecule has 17 heavy (non-hydrogen) atoms. The molecular weight excluding hydrogens is 327 g/mol. The molecule has 2 nitrogen and oxygen atoms in total. The third-order valence-electron chi connectivity index (χ3n) is 2.34. The van der Waals surface area contributed by atoms with Gasteiger partial charge in [0.25, 0.3) is 0 Å². The van der Waals surface area contributed by atoms with Gasteiger partial charge in [0.1, 0.15) is 5.82 Å². The Morgan fingerprint density at radius 3 is 2.76 bits per heavy atom. The maximum atomic E-state index is 13.8. The Kier molecular flexibility index (Phi) is 4.17. The van der Waals surface area contributed by atoms with Crippen LogP contribution in [0.3, 0.4) is 0 Å². The van der Waals surface area contributed by atoms with E-state index in [4.69, 9.17) is 17.4 Å². The highest BCUT2D eigenvalue weighted by atomic mass is 79.9. The van der Waals surface area contributed by atoms with E-state index in [1.807, 2.05) is 5.38 Å². The predicted octanol–water partition coefficient (Wildman–Crippen LogP) is 3.86. The zero-order valence-electron chi connectivity index (χ0n) is 8.58. The highest BCUT2D eigenvalue weighted by Gasteiger charge is 2.20. The van der Waals surface area contributed by atoms with Crippen molar-refractivity contribution in [1.82, 2.24) is 5.43 Å². The minimum absolute atomic E-state index is 0.319. The van der Waals surface area contributed by atoms with Gasteiger partial charge in [0, 0.05) is 14.9 Å². The van der Waals surface area contributed by atoms with Gasteiger partial charge in [-0.2, -0.15) is 0 Å². The SMILES string of the molecule is NNC(c1cc(Br)ccc1F)c1sccc1Cl.